The van der Waals surface area contributed by atoms with Crippen LogP contribution in [0.25, 0.3) is 0 Å². The van der Waals surface area contributed by atoms with Gasteiger partial charge in [-0.3, -0.25) is 4.90 Å². The second-order valence-electron chi connectivity index (χ2n) is 4.78. The Bertz CT molecular complexity index is 164. The van der Waals surface area contributed by atoms with E-state index in [1.165, 1.54) is 25.8 Å². The minimum atomic E-state index is 0.601. The minimum Gasteiger partial charge on any atom is -0.379 e. The first-order valence-electron chi connectivity index (χ1n) is 6.26. The van der Waals surface area contributed by atoms with Crippen molar-refractivity contribution in [2.45, 2.75) is 39.2 Å². The van der Waals surface area contributed by atoms with E-state index in [9.17, 15) is 0 Å². The molecule has 0 aromatic heterocycles. The van der Waals surface area contributed by atoms with Crippen molar-refractivity contribution in [1.82, 2.24) is 4.90 Å². The van der Waals surface area contributed by atoms with Gasteiger partial charge in [0, 0.05) is 12.6 Å². The summed E-state index contributed by atoms with van der Waals surface area (Å²) in [5.41, 5.74) is 5.54. The first-order valence-corrected chi connectivity index (χ1v) is 6.26. The van der Waals surface area contributed by atoms with E-state index in [1.54, 1.807) is 0 Å². The fraction of sp³-hybridized carbons (Fsp3) is 1.00. The molecular weight excluding hydrogens is 188 g/mol. The third-order valence-corrected chi connectivity index (χ3v) is 3.31. The average Bonchev–Trinajstić information content (AvgIpc) is 2.21. The smallest absolute Gasteiger partial charge is 0.0619 e. The van der Waals surface area contributed by atoms with Crippen molar-refractivity contribution in [3.63, 3.8) is 0 Å². The molecule has 1 fully saturated rings. The van der Waals surface area contributed by atoms with Crippen LogP contribution in [0.2, 0.25) is 0 Å². The highest BCUT2D eigenvalue weighted by molar-refractivity contribution is 4.71. The maximum absolute atomic E-state index is 5.54. The predicted octanol–water partition coefficient (Wildman–Crippen LogP) is 1.47. The van der Waals surface area contributed by atoms with Crippen molar-refractivity contribution in [2.75, 3.05) is 32.8 Å². The lowest BCUT2D eigenvalue weighted by atomic mass is 10.0. The highest BCUT2D eigenvalue weighted by Gasteiger charge is 2.17. The molecule has 0 aromatic carbocycles. The standard InChI is InChI=1S/C12H26N2O/c1-11(5-6-13)4-3-7-14-8-9-15-10-12(14)2/h11-12H,3-10,13H2,1-2H3. The molecule has 0 aliphatic carbocycles. The Labute approximate surface area is 94.0 Å². The molecule has 0 spiro atoms. The summed E-state index contributed by atoms with van der Waals surface area (Å²) < 4.78 is 5.42. The number of hydrogen-bond donors (Lipinski definition) is 1. The maximum atomic E-state index is 5.54. The van der Waals surface area contributed by atoms with Crippen LogP contribution >= 0.6 is 0 Å². The van der Waals surface area contributed by atoms with Crippen molar-refractivity contribution >= 4 is 0 Å². The van der Waals surface area contributed by atoms with Crippen LogP contribution in [-0.4, -0.2) is 43.8 Å². The van der Waals surface area contributed by atoms with Gasteiger partial charge in [-0.25, -0.2) is 0 Å². The lowest BCUT2D eigenvalue weighted by molar-refractivity contribution is -0.00127. The van der Waals surface area contributed by atoms with Crippen LogP contribution in [0.1, 0.15) is 33.1 Å². The molecule has 1 aliphatic heterocycles. The second kappa shape index (κ2) is 7.20. The first-order chi connectivity index (χ1) is 7.24. The van der Waals surface area contributed by atoms with Crippen molar-refractivity contribution in [1.29, 1.82) is 0 Å². The molecule has 1 rings (SSSR count). The zero-order chi connectivity index (χ0) is 11.1. The molecule has 0 amide bonds. The van der Waals surface area contributed by atoms with Gasteiger partial charge in [-0.05, 0) is 45.2 Å². The molecule has 1 saturated heterocycles. The zero-order valence-corrected chi connectivity index (χ0v) is 10.2. The summed E-state index contributed by atoms with van der Waals surface area (Å²) in [6.07, 6.45) is 3.77. The second-order valence-corrected chi connectivity index (χ2v) is 4.78. The van der Waals surface area contributed by atoms with Gasteiger partial charge < -0.3 is 10.5 Å². The van der Waals surface area contributed by atoms with E-state index in [1.807, 2.05) is 0 Å². The van der Waals surface area contributed by atoms with E-state index >= 15 is 0 Å². The summed E-state index contributed by atoms with van der Waals surface area (Å²) >= 11 is 0. The van der Waals surface area contributed by atoms with E-state index in [0.717, 1.165) is 32.2 Å². The Hall–Kier alpha value is -0.120. The monoisotopic (exact) mass is 214 g/mol. The molecule has 0 bridgehead atoms. The Morgan fingerprint density at radius 2 is 2.27 bits per heavy atom. The highest BCUT2D eigenvalue weighted by atomic mass is 16.5. The van der Waals surface area contributed by atoms with Gasteiger partial charge >= 0.3 is 0 Å². The fourth-order valence-corrected chi connectivity index (χ4v) is 2.17. The predicted molar refractivity (Wildman–Crippen MR) is 63.9 cm³/mol. The summed E-state index contributed by atoms with van der Waals surface area (Å²) in [6.45, 7) is 9.51. The average molecular weight is 214 g/mol. The number of hydrogen-bond acceptors (Lipinski definition) is 3. The molecule has 3 nitrogen and oxygen atoms in total. The van der Waals surface area contributed by atoms with Crippen LogP contribution in [0.3, 0.4) is 0 Å². The van der Waals surface area contributed by atoms with Crippen molar-refractivity contribution in [3.05, 3.63) is 0 Å². The van der Waals surface area contributed by atoms with Gasteiger partial charge in [-0.15, -0.1) is 0 Å². The molecule has 1 aliphatic rings. The number of nitrogens with two attached hydrogens (primary N) is 1. The summed E-state index contributed by atoms with van der Waals surface area (Å²) in [7, 11) is 0. The summed E-state index contributed by atoms with van der Waals surface area (Å²) in [5.74, 6) is 0.784. The molecule has 1 heterocycles. The molecule has 15 heavy (non-hydrogen) atoms. The van der Waals surface area contributed by atoms with Crippen molar-refractivity contribution in [3.8, 4) is 0 Å². The Morgan fingerprint density at radius 1 is 1.47 bits per heavy atom. The van der Waals surface area contributed by atoms with Gasteiger partial charge in [0.2, 0.25) is 0 Å². The summed E-state index contributed by atoms with van der Waals surface area (Å²) in [6, 6.07) is 0.601. The molecule has 0 aromatic rings. The number of ether oxygens (including phenoxy) is 1. The maximum Gasteiger partial charge on any atom is 0.0619 e. The van der Waals surface area contributed by atoms with Crippen LogP contribution in [0.4, 0.5) is 0 Å². The van der Waals surface area contributed by atoms with Gasteiger partial charge in [-0.1, -0.05) is 6.92 Å². The quantitative estimate of drug-likeness (QED) is 0.728. The molecular formula is C12H26N2O. The Balaban J connectivity index is 2.08. The lowest BCUT2D eigenvalue weighted by Crippen LogP contribution is -2.44. The van der Waals surface area contributed by atoms with Gasteiger partial charge in [-0.2, -0.15) is 0 Å². The molecule has 2 atom stereocenters. The van der Waals surface area contributed by atoms with Gasteiger partial charge in [0.1, 0.15) is 0 Å². The molecule has 2 N–H and O–H groups in total. The van der Waals surface area contributed by atoms with Crippen molar-refractivity contribution in [2.24, 2.45) is 11.7 Å². The van der Waals surface area contributed by atoms with E-state index in [-0.39, 0.29) is 0 Å². The van der Waals surface area contributed by atoms with Crippen LogP contribution in [0.15, 0.2) is 0 Å². The van der Waals surface area contributed by atoms with Gasteiger partial charge in [0.05, 0.1) is 13.2 Å². The molecule has 2 unspecified atom stereocenters. The van der Waals surface area contributed by atoms with Crippen LogP contribution in [-0.2, 0) is 4.74 Å². The number of rotatable bonds is 6. The Morgan fingerprint density at radius 3 is 2.93 bits per heavy atom. The normalized spacial score (nSPS) is 25.4. The largest absolute Gasteiger partial charge is 0.379 e. The van der Waals surface area contributed by atoms with Crippen LogP contribution in [0, 0.1) is 5.92 Å². The van der Waals surface area contributed by atoms with Crippen LogP contribution < -0.4 is 5.73 Å². The summed E-state index contributed by atoms with van der Waals surface area (Å²) in [4.78, 5) is 2.54. The molecule has 0 saturated carbocycles. The topological polar surface area (TPSA) is 38.5 Å². The fourth-order valence-electron chi connectivity index (χ4n) is 2.17. The third-order valence-electron chi connectivity index (χ3n) is 3.31. The third kappa shape index (κ3) is 4.96. The van der Waals surface area contributed by atoms with E-state index in [0.29, 0.717) is 6.04 Å². The number of morpholine rings is 1. The van der Waals surface area contributed by atoms with Crippen molar-refractivity contribution < 1.29 is 4.74 Å². The number of nitrogens with zero attached hydrogens (tertiary/aromatic N) is 1. The SMILES string of the molecule is CC(CCN)CCCN1CCOCC1C. The molecule has 90 valence electrons. The van der Waals surface area contributed by atoms with Gasteiger partial charge in [0.15, 0.2) is 0 Å². The molecule has 3 heteroatoms. The van der Waals surface area contributed by atoms with E-state index in [2.05, 4.69) is 18.7 Å². The Kier molecular flexibility index (Phi) is 6.22. The minimum absolute atomic E-state index is 0.601. The van der Waals surface area contributed by atoms with Crippen LogP contribution in [0.5, 0.6) is 0 Å². The van der Waals surface area contributed by atoms with Gasteiger partial charge in [0.25, 0.3) is 0 Å². The van der Waals surface area contributed by atoms with E-state index < -0.39 is 0 Å². The lowest BCUT2D eigenvalue weighted by Gasteiger charge is -2.33. The van der Waals surface area contributed by atoms with E-state index in [4.69, 9.17) is 10.5 Å². The first kappa shape index (κ1) is 12.9. The summed E-state index contributed by atoms with van der Waals surface area (Å²) in [5, 5.41) is 0. The molecule has 0 radical (unpaired) electrons. The highest BCUT2D eigenvalue weighted by Crippen LogP contribution is 2.12. The zero-order valence-electron chi connectivity index (χ0n) is 10.2.